The Balaban J connectivity index is 2.43. The van der Waals surface area contributed by atoms with Gasteiger partial charge in [-0.1, -0.05) is 13.3 Å². The van der Waals surface area contributed by atoms with Gasteiger partial charge in [-0.3, -0.25) is 4.79 Å². The molecule has 1 aromatic heterocycles. The van der Waals surface area contributed by atoms with Gasteiger partial charge in [-0.25, -0.2) is 0 Å². The molecule has 16 heavy (non-hydrogen) atoms. The fourth-order valence-corrected chi connectivity index (χ4v) is 1.90. The normalized spacial score (nSPS) is 12.4. The number of furan rings is 1. The van der Waals surface area contributed by atoms with Crippen LogP contribution in [-0.4, -0.2) is 18.3 Å². The minimum Gasteiger partial charge on any atom is -0.452 e. The Morgan fingerprint density at radius 2 is 2.38 bits per heavy atom. The molecular weight excluding hydrogens is 249 g/mol. The predicted octanol–water partition coefficient (Wildman–Crippen LogP) is 3.32. The summed E-state index contributed by atoms with van der Waals surface area (Å²) in [7, 11) is 0. The van der Waals surface area contributed by atoms with Crippen LogP contribution in [0.1, 0.15) is 30.1 Å². The van der Waals surface area contributed by atoms with Crippen molar-refractivity contribution < 1.29 is 9.21 Å². The summed E-state index contributed by atoms with van der Waals surface area (Å²) in [5, 5.41) is 2.95. The number of hydrogen-bond acceptors (Lipinski definition) is 2. The van der Waals surface area contributed by atoms with Crippen molar-refractivity contribution in [2.24, 2.45) is 5.92 Å². The summed E-state index contributed by atoms with van der Waals surface area (Å²) >= 11 is 11.4. The number of nitrogens with one attached hydrogen (secondary N) is 1. The number of carbonyl (C=O) groups excluding carboxylic acids is 1. The van der Waals surface area contributed by atoms with E-state index in [9.17, 15) is 4.79 Å². The van der Waals surface area contributed by atoms with Gasteiger partial charge in [-0.05, 0) is 30.0 Å². The maximum Gasteiger partial charge on any atom is 0.256 e. The van der Waals surface area contributed by atoms with Crippen LogP contribution in [0.15, 0.2) is 16.7 Å². The lowest BCUT2D eigenvalue weighted by Gasteiger charge is -2.13. The van der Waals surface area contributed by atoms with E-state index >= 15 is 0 Å². The van der Waals surface area contributed by atoms with Gasteiger partial charge in [-0.2, -0.15) is 0 Å². The van der Waals surface area contributed by atoms with Crippen LogP contribution >= 0.6 is 23.2 Å². The molecule has 0 saturated heterocycles. The monoisotopic (exact) mass is 263 g/mol. The lowest BCUT2D eigenvalue weighted by molar-refractivity contribution is 0.0946. The predicted molar refractivity (Wildman–Crippen MR) is 65.2 cm³/mol. The summed E-state index contributed by atoms with van der Waals surface area (Å²) in [5.74, 6) is 0.819. The van der Waals surface area contributed by atoms with Crippen molar-refractivity contribution in [2.45, 2.75) is 19.8 Å². The minimum atomic E-state index is -0.202. The van der Waals surface area contributed by atoms with Gasteiger partial charge in [-0.15, -0.1) is 11.6 Å². The molecule has 0 aromatic carbocycles. The molecule has 1 amide bonds. The smallest absolute Gasteiger partial charge is 0.256 e. The van der Waals surface area contributed by atoms with Crippen molar-refractivity contribution in [2.75, 3.05) is 12.4 Å². The van der Waals surface area contributed by atoms with Gasteiger partial charge in [0.15, 0.2) is 0 Å². The maximum absolute atomic E-state index is 11.7. The Labute approximate surface area is 105 Å². The van der Waals surface area contributed by atoms with Crippen molar-refractivity contribution in [1.82, 2.24) is 5.32 Å². The fraction of sp³-hybridized carbons (Fsp3) is 0.545. The first-order valence-corrected chi connectivity index (χ1v) is 6.17. The van der Waals surface area contributed by atoms with E-state index in [1.165, 1.54) is 6.26 Å². The van der Waals surface area contributed by atoms with Crippen LogP contribution in [0.25, 0.3) is 0 Å². The lowest BCUT2D eigenvalue weighted by atomic mass is 10.0. The van der Waals surface area contributed by atoms with E-state index in [4.69, 9.17) is 27.6 Å². The molecule has 0 aliphatic carbocycles. The van der Waals surface area contributed by atoms with Crippen molar-refractivity contribution in [3.05, 3.63) is 23.1 Å². The molecule has 1 aromatic rings. The van der Waals surface area contributed by atoms with E-state index in [1.807, 2.05) is 0 Å². The van der Waals surface area contributed by atoms with Crippen LogP contribution in [0.5, 0.6) is 0 Å². The molecule has 1 atom stereocenters. The first-order valence-electron chi connectivity index (χ1n) is 5.26. The summed E-state index contributed by atoms with van der Waals surface area (Å²) < 4.78 is 4.85. The van der Waals surface area contributed by atoms with E-state index in [1.54, 1.807) is 6.07 Å². The summed E-state index contributed by atoms with van der Waals surface area (Å²) in [6.45, 7) is 2.69. The maximum atomic E-state index is 11.7. The van der Waals surface area contributed by atoms with E-state index < -0.39 is 0 Å². The average Bonchev–Trinajstić information content (AvgIpc) is 2.70. The largest absolute Gasteiger partial charge is 0.452 e. The molecule has 1 rings (SSSR count). The van der Waals surface area contributed by atoms with Crippen LogP contribution in [0.4, 0.5) is 0 Å². The molecule has 0 saturated carbocycles. The molecule has 0 spiro atoms. The summed E-state index contributed by atoms with van der Waals surface area (Å²) in [6, 6.07) is 1.56. The van der Waals surface area contributed by atoms with Crippen molar-refractivity contribution in [1.29, 1.82) is 0 Å². The molecule has 0 bridgehead atoms. The van der Waals surface area contributed by atoms with Crippen LogP contribution in [0, 0.1) is 5.92 Å². The molecule has 1 heterocycles. The SMILES string of the molecule is CCC(CCCl)CNC(=O)c1ccoc1Cl. The molecule has 0 fully saturated rings. The highest BCUT2D eigenvalue weighted by molar-refractivity contribution is 6.32. The van der Waals surface area contributed by atoms with Gasteiger partial charge >= 0.3 is 0 Å². The van der Waals surface area contributed by atoms with Gasteiger partial charge in [0.25, 0.3) is 5.91 Å². The Kier molecular flexibility index (Phi) is 5.71. The van der Waals surface area contributed by atoms with E-state index in [0.717, 1.165) is 12.8 Å². The number of alkyl halides is 1. The standard InChI is InChI=1S/C11H15Cl2NO2/c1-2-8(3-5-12)7-14-11(15)9-4-6-16-10(9)13/h4,6,8H,2-3,5,7H2,1H3,(H,14,15). The summed E-state index contributed by atoms with van der Waals surface area (Å²) in [4.78, 5) is 11.7. The highest BCUT2D eigenvalue weighted by atomic mass is 35.5. The van der Waals surface area contributed by atoms with E-state index in [2.05, 4.69) is 12.2 Å². The first kappa shape index (κ1) is 13.4. The van der Waals surface area contributed by atoms with Crippen LogP contribution < -0.4 is 5.32 Å². The van der Waals surface area contributed by atoms with E-state index in [-0.39, 0.29) is 11.1 Å². The van der Waals surface area contributed by atoms with Crippen molar-refractivity contribution in [3.8, 4) is 0 Å². The summed E-state index contributed by atoms with van der Waals surface area (Å²) in [6.07, 6.45) is 3.29. The van der Waals surface area contributed by atoms with Gasteiger partial charge in [0.1, 0.15) is 0 Å². The molecule has 1 N–H and O–H groups in total. The quantitative estimate of drug-likeness (QED) is 0.801. The molecular formula is C11H15Cl2NO2. The molecule has 1 unspecified atom stereocenters. The first-order chi connectivity index (χ1) is 7.69. The Bertz CT molecular complexity index is 338. The summed E-state index contributed by atoms with van der Waals surface area (Å²) in [5.41, 5.74) is 0.377. The molecule has 0 aliphatic heterocycles. The van der Waals surface area contributed by atoms with Crippen LogP contribution in [0.3, 0.4) is 0 Å². The Morgan fingerprint density at radius 1 is 1.62 bits per heavy atom. The van der Waals surface area contributed by atoms with Gasteiger partial charge in [0.05, 0.1) is 11.8 Å². The highest BCUT2D eigenvalue weighted by Crippen LogP contribution is 2.16. The second-order valence-corrected chi connectivity index (χ2v) is 4.29. The second-order valence-electron chi connectivity index (χ2n) is 3.57. The number of halogens is 2. The van der Waals surface area contributed by atoms with Gasteiger partial charge in [0.2, 0.25) is 5.22 Å². The van der Waals surface area contributed by atoms with Crippen molar-refractivity contribution in [3.63, 3.8) is 0 Å². The fourth-order valence-electron chi connectivity index (χ4n) is 1.39. The second kappa shape index (κ2) is 6.81. The van der Waals surface area contributed by atoms with E-state index in [0.29, 0.717) is 23.9 Å². The molecule has 5 heteroatoms. The third-order valence-corrected chi connectivity index (χ3v) is 3.02. The van der Waals surface area contributed by atoms with Gasteiger partial charge < -0.3 is 9.73 Å². The van der Waals surface area contributed by atoms with Gasteiger partial charge in [0, 0.05) is 12.4 Å². The third-order valence-electron chi connectivity index (χ3n) is 2.51. The average molecular weight is 264 g/mol. The zero-order valence-electron chi connectivity index (χ0n) is 9.13. The number of rotatable bonds is 6. The molecule has 90 valence electrons. The lowest BCUT2D eigenvalue weighted by Crippen LogP contribution is -2.29. The minimum absolute atomic E-state index is 0.128. The molecule has 3 nitrogen and oxygen atoms in total. The zero-order chi connectivity index (χ0) is 12.0. The number of hydrogen-bond donors (Lipinski definition) is 1. The number of amides is 1. The Morgan fingerprint density at radius 3 is 2.88 bits per heavy atom. The molecule has 0 radical (unpaired) electrons. The topological polar surface area (TPSA) is 42.2 Å². The number of carbonyl (C=O) groups is 1. The van der Waals surface area contributed by atoms with Crippen molar-refractivity contribution >= 4 is 29.1 Å². The third kappa shape index (κ3) is 3.72. The van der Waals surface area contributed by atoms with Crippen LogP contribution in [0.2, 0.25) is 5.22 Å². The zero-order valence-corrected chi connectivity index (χ0v) is 10.6. The molecule has 0 aliphatic rings. The highest BCUT2D eigenvalue weighted by Gasteiger charge is 2.14. The Hall–Kier alpha value is -0.670. The van der Waals surface area contributed by atoms with Crippen LogP contribution in [-0.2, 0) is 0 Å².